The van der Waals surface area contributed by atoms with Crippen molar-refractivity contribution in [2.24, 2.45) is 0 Å². The lowest BCUT2D eigenvalue weighted by Crippen LogP contribution is -2.32. The normalized spacial score (nSPS) is 18.5. The number of hydrogen-bond donors (Lipinski definition) is 1. The molecule has 2 aliphatic heterocycles. The summed E-state index contributed by atoms with van der Waals surface area (Å²) in [7, 11) is 1.60. The van der Waals surface area contributed by atoms with Gasteiger partial charge in [0.15, 0.2) is 0 Å². The van der Waals surface area contributed by atoms with Crippen molar-refractivity contribution in [3.05, 3.63) is 107 Å². The fourth-order valence-electron chi connectivity index (χ4n) is 4.45. The van der Waals surface area contributed by atoms with E-state index in [1.54, 1.807) is 36.1 Å². The Balaban J connectivity index is 1.62. The maximum atomic E-state index is 13.7. The Bertz CT molecular complexity index is 1380. The molecule has 4 aromatic rings. The highest BCUT2D eigenvalue weighted by Gasteiger charge is 2.41. The zero-order valence-electron chi connectivity index (χ0n) is 17.5. The van der Waals surface area contributed by atoms with Crippen molar-refractivity contribution in [3.8, 4) is 11.5 Å². The van der Waals surface area contributed by atoms with Crippen LogP contribution in [-0.2, 0) is 0 Å². The first-order valence-corrected chi connectivity index (χ1v) is 10.4. The van der Waals surface area contributed by atoms with Gasteiger partial charge in [0, 0.05) is 17.2 Å². The number of nitrogens with one attached hydrogen (secondary N) is 1. The summed E-state index contributed by atoms with van der Waals surface area (Å²) < 4.78 is 41.1. The van der Waals surface area contributed by atoms with E-state index in [0.29, 0.717) is 17.4 Å². The smallest absolute Gasteiger partial charge is 0.226 e. The Morgan fingerprint density at radius 1 is 0.939 bits per heavy atom. The van der Waals surface area contributed by atoms with Crippen LogP contribution < -0.4 is 14.8 Å². The Labute approximate surface area is 188 Å². The van der Waals surface area contributed by atoms with Crippen LogP contribution in [-0.4, -0.2) is 21.9 Å². The average molecular weight is 444 g/mol. The number of hydrogen-bond acceptors (Lipinski definition) is 5. The van der Waals surface area contributed by atoms with Crippen LogP contribution in [0.15, 0.2) is 78.6 Å². The summed E-state index contributed by atoms with van der Waals surface area (Å²) in [6.45, 7) is 0. The number of ether oxygens (including phenoxy) is 2. The van der Waals surface area contributed by atoms with Gasteiger partial charge in [-0.25, -0.2) is 13.5 Å². The maximum Gasteiger partial charge on any atom is 0.226 e. The van der Waals surface area contributed by atoms with E-state index in [9.17, 15) is 8.78 Å². The first-order chi connectivity index (χ1) is 16.1. The van der Waals surface area contributed by atoms with Crippen molar-refractivity contribution in [1.82, 2.24) is 14.8 Å². The van der Waals surface area contributed by atoms with Crippen LogP contribution in [0.4, 0.5) is 14.7 Å². The second-order valence-corrected chi connectivity index (χ2v) is 7.85. The highest BCUT2D eigenvalue weighted by Crippen LogP contribution is 2.51. The quantitative estimate of drug-likeness (QED) is 0.475. The molecule has 1 aromatic heterocycles. The summed E-state index contributed by atoms with van der Waals surface area (Å²) in [4.78, 5) is 4.37. The molecule has 1 N–H and O–H groups in total. The molecule has 164 valence electrons. The van der Waals surface area contributed by atoms with E-state index in [0.717, 1.165) is 28.0 Å². The number of nitrogens with zero attached hydrogens (tertiary/aromatic N) is 3. The third-order valence-corrected chi connectivity index (χ3v) is 5.98. The molecule has 0 aliphatic carbocycles. The van der Waals surface area contributed by atoms with E-state index in [2.05, 4.69) is 15.4 Å². The zero-order chi connectivity index (χ0) is 22.5. The van der Waals surface area contributed by atoms with Crippen LogP contribution in [0.2, 0.25) is 0 Å². The second-order valence-electron chi connectivity index (χ2n) is 7.85. The van der Waals surface area contributed by atoms with Gasteiger partial charge in [-0.1, -0.05) is 24.3 Å². The molecule has 2 atom stereocenters. The van der Waals surface area contributed by atoms with Crippen LogP contribution >= 0.6 is 0 Å². The number of aromatic nitrogens is 3. The lowest BCUT2D eigenvalue weighted by atomic mass is 9.84. The summed E-state index contributed by atoms with van der Waals surface area (Å²) in [5, 5.41) is 7.83. The molecule has 0 radical (unpaired) electrons. The molecule has 6 rings (SSSR count). The molecule has 6 nitrogen and oxygen atoms in total. The number of anilines is 1. The standard InChI is InChI=1S/C25H18F2N4O2/c1-32-18-10-11-19-20(12-18)33-24(15-4-8-17(27)9-5-15)21-22(19)30-25-28-13-29-31(25)23(21)14-2-6-16(26)7-3-14/h2-13,23-24H,1H3,(H,28,29,30)/t23-,24-/m0/s1. The molecule has 0 amide bonds. The van der Waals surface area contributed by atoms with Crippen LogP contribution in [0.25, 0.3) is 5.70 Å². The van der Waals surface area contributed by atoms with Crippen LogP contribution in [0.1, 0.15) is 28.8 Å². The molecular weight excluding hydrogens is 426 g/mol. The molecule has 8 heteroatoms. The van der Waals surface area contributed by atoms with Crippen molar-refractivity contribution in [3.63, 3.8) is 0 Å². The van der Waals surface area contributed by atoms with Crippen molar-refractivity contribution in [2.75, 3.05) is 12.4 Å². The average Bonchev–Trinajstić information content (AvgIpc) is 3.31. The van der Waals surface area contributed by atoms with Crippen molar-refractivity contribution in [1.29, 1.82) is 0 Å². The second kappa shape index (κ2) is 7.44. The van der Waals surface area contributed by atoms with Gasteiger partial charge in [-0.15, -0.1) is 0 Å². The zero-order valence-corrected chi connectivity index (χ0v) is 17.5. The van der Waals surface area contributed by atoms with Crippen LogP contribution in [0, 0.1) is 11.6 Å². The van der Waals surface area contributed by atoms with Crippen LogP contribution in [0.3, 0.4) is 0 Å². The number of rotatable bonds is 3. The first-order valence-electron chi connectivity index (χ1n) is 10.4. The van der Waals surface area contributed by atoms with Gasteiger partial charge in [0.25, 0.3) is 0 Å². The third kappa shape index (κ3) is 3.14. The lowest BCUT2D eigenvalue weighted by molar-refractivity contribution is 0.222. The Hall–Kier alpha value is -4.20. The van der Waals surface area contributed by atoms with Gasteiger partial charge in [0.05, 0.1) is 12.8 Å². The molecule has 3 aromatic carbocycles. The van der Waals surface area contributed by atoms with E-state index in [-0.39, 0.29) is 11.6 Å². The van der Waals surface area contributed by atoms with E-state index in [1.165, 1.54) is 30.6 Å². The number of halogens is 2. The van der Waals surface area contributed by atoms with Gasteiger partial charge in [-0.2, -0.15) is 10.1 Å². The Morgan fingerprint density at radius 3 is 2.33 bits per heavy atom. The third-order valence-electron chi connectivity index (χ3n) is 5.98. The van der Waals surface area contributed by atoms with Gasteiger partial charge in [0.1, 0.15) is 41.6 Å². The summed E-state index contributed by atoms with van der Waals surface area (Å²) in [6, 6.07) is 17.7. The van der Waals surface area contributed by atoms with Crippen LogP contribution in [0.5, 0.6) is 11.5 Å². The fourth-order valence-corrected chi connectivity index (χ4v) is 4.45. The van der Waals surface area contributed by atoms with Gasteiger partial charge in [-0.05, 0) is 47.5 Å². The molecule has 33 heavy (non-hydrogen) atoms. The largest absolute Gasteiger partial charge is 0.497 e. The predicted octanol–water partition coefficient (Wildman–Crippen LogP) is 5.12. The van der Waals surface area contributed by atoms with Crippen molar-refractivity contribution < 1.29 is 18.3 Å². The van der Waals surface area contributed by atoms with Gasteiger partial charge in [-0.3, -0.25) is 0 Å². The number of benzene rings is 3. The summed E-state index contributed by atoms with van der Waals surface area (Å²) in [6.07, 6.45) is 0.917. The summed E-state index contributed by atoms with van der Waals surface area (Å²) >= 11 is 0. The molecule has 0 spiro atoms. The Kier molecular flexibility index (Phi) is 4.39. The van der Waals surface area contributed by atoms with E-state index in [4.69, 9.17) is 9.47 Å². The fraction of sp³-hybridized carbons (Fsp3) is 0.120. The molecular formula is C25H18F2N4O2. The monoisotopic (exact) mass is 444 g/mol. The highest BCUT2D eigenvalue weighted by molar-refractivity contribution is 5.85. The minimum atomic E-state index is -0.555. The summed E-state index contributed by atoms with van der Waals surface area (Å²) in [5.74, 6) is 1.18. The molecule has 0 unspecified atom stereocenters. The maximum absolute atomic E-state index is 13.7. The molecule has 0 saturated heterocycles. The number of fused-ring (bicyclic) bond motifs is 3. The molecule has 0 fully saturated rings. The minimum absolute atomic E-state index is 0.326. The van der Waals surface area contributed by atoms with E-state index in [1.807, 2.05) is 18.2 Å². The number of methoxy groups -OCH3 is 1. The predicted molar refractivity (Wildman–Crippen MR) is 118 cm³/mol. The molecule has 0 saturated carbocycles. The Morgan fingerprint density at radius 2 is 1.64 bits per heavy atom. The van der Waals surface area contributed by atoms with Crippen molar-refractivity contribution >= 4 is 11.6 Å². The lowest BCUT2D eigenvalue weighted by Gasteiger charge is -2.39. The van der Waals surface area contributed by atoms with Gasteiger partial charge < -0.3 is 14.8 Å². The molecule has 0 bridgehead atoms. The first kappa shape index (κ1) is 19.5. The topological polar surface area (TPSA) is 61.2 Å². The minimum Gasteiger partial charge on any atom is -0.497 e. The van der Waals surface area contributed by atoms with Gasteiger partial charge in [0.2, 0.25) is 5.95 Å². The highest BCUT2D eigenvalue weighted by atomic mass is 19.1. The molecule has 2 aliphatic rings. The van der Waals surface area contributed by atoms with Crippen molar-refractivity contribution in [2.45, 2.75) is 12.1 Å². The van der Waals surface area contributed by atoms with Gasteiger partial charge >= 0.3 is 0 Å². The van der Waals surface area contributed by atoms with E-state index >= 15 is 0 Å². The SMILES string of the molecule is COc1ccc2c(c1)O[C@@H](c1ccc(F)cc1)C1=C2Nc2ncnn2[C@H]1c1ccc(F)cc1. The summed E-state index contributed by atoms with van der Waals surface area (Å²) in [5.41, 5.74) is 4.12. The van der Waals surface area contributed by atoms with E-state index < -0.39 is 12.1 Å². The molecule has 3 heterocycles.